The van der Waals surface area contributed by atoms with E-state index < -0.39 is 30.7 Å². The third kappa shape index (κ3) is 2.45. The summed E-state index contributed by atoms with van der Waals surface area (Å²) >= 11 is 0. The highest BCUT2D eigenvalue weighted by molar-refractivity contribution is 5.84. The molecule has 0 radical (unpaired) electrons. The molecule has 0 aliphatic carbocycles. The number of nitrogens with one attached hydrogen (secondary N) is 2. The zero-order valence-corrected chi connectivity index (χ0v) is 13.4. The number of hydrogen-bond acceptors (Lipinski definition) is 9. The fourth-order valence-electron chi connectivity index (χ4n) is 2.76. The van der Waals surface area contributed by atoms with Crippen molar-refractivity contribution in [2.24, 2.45) is 0 Å². The number of hydrogen-bond donors (Lipinski definition) is 4. The van der Waals surface area contributed by atoms with Gasteiger partial charge in [0.1, 0.15) is 12.2 Å². The van der Waals surface area contributed by atoms with Gasteiger partial charge in [0.2, 0.25) is 0 Å². The normalized spacial score (nSPS) is 30.0. The van der Waals surface area contributed by atoms with E-state index in [0.717, 1.165) is 0 Å². The van der Waals surface area contributed by atoms with Crippen molar-refractivity contribution in [1.82, 2.24) is 19.5 Å². The monoisotopic (exact) mass is 342 g/mol. The number of alkyl halides is 1. The molecule has 3 heterocycles. The number of nitrogens with zero attached hydrogens (tertiary/aromatic N) is 4. The summed E-state index contributed by atoms with van der Waals surface area (Å²) in [7, 11) is 3.07. The predicted molar refractivity (Wildman–Crippen MR) is 82.0 cm³/mol. The van der Waals surface area contributed by atoms with Gasteiger partial charge >= 0.3 is 0 Å². The molecule has 2 aromatic rings. The molecule has 1 fully saturated rings. The SMILES string of the molecule is CNc1nc(NOC)nc2c1ncn2[C@@H]1O[C@H](CO)[C@@H](O)[C@@]1(C)F. The number of rotatable bonds is 5. The molecule has 0 aromatic carbocycles. The van der Waals surface area contributed by atoms with Gasteiger partial charge in [-0.25, -0.2) is 14.9 Å². The van der Waals surface area contributed by atoms with Crippen molar-refractivity contribution >= 4 is 22.9 Å². The van der Waals surface area contributed by atoms with Crippen molar-refractivity contribution in [3.63, 3.8) is 0 Å². The first-order chi connectivity index (χ1) is 11.4. The largest absolute Gasteiger partial charge is 0.394 e. The molecular weight excluding hydrogens is 323 g/mol. The van der Waals surface area contributed by atoms with Gasteiger partial charge in [-0.2, -0.15) is 9.97 Å². The molecule has 4 atom stereocenters. The second kappa shape index (κ2) is 6.09. The Bertz CT molecular complexity index is 739. The Morgan fingerprint density at radius 1 is 1.50 bits per heavy atom. The first-order valence-corrected chi connectivity index (χ1v) is 7.28. The molecule has 0 amide bonds. The van der Waals surface area contributed by atoms with Crippen LogP contribution in [0.3, 0.4) is 0 Å². The third-order valence-electron chi connectivity index (χ3n) is 4.00. The highest BCUT2D eigenvalue weighted by atomic mass is 19.1. The molecule has 11 heteroatoms. The highest BCUT2D eigenvalue weighted by Gasteiger charge is 2.55. The Labute approximate surface area is 136 Å². The van der Waals surface area contributed by atoms with Crippen molar-refractivity contribution in [2.45, 2.75) is 31.0 Å². The molecule has 4 N–H and O–H groups in total. The minimum atomic E-state index is -2.14. The van der Waals surface area contributed by atoms with Crippen LogP contribution < -0.4 is 10.8 Å². The van der Waals surface area contributed by atoms with Gasteiger partial charge in [0.15, 0.2) is 28.9 Å². The Morgan fingerprint density at radius 3 is 2.83 bits per heavy atom. The molecule has 2 aromatic heterocycles. The van der Waals surface area contributed by atoms with E-state index in [1.165, 1.54) is 24.9 Å². The second-order valence-corrected chi connectivity index (χ2v) is 5.58. The molecule has 24 heavy (non-hydrogen) atoms. The van der Waals surface area contributed by atoms with Crippen molar-refractivity contribution in [3.05, 3.63) is 6.33 Å². The van der Waals surface area contributed by atoms with E-state index in [1.807, 2.05) is 0 Å². The van der Waals surface area contributed by atoms with Crippen molar-refractivity contribution in [2.75, 3.05) is 31.6 Å². The summed E-state index contributed by atoms with van der Waals surface area (Å²) in [5.74, 6) is 0.560. The maximum absolute atomic E-state index is 15.0. The van der Waals surface area contributed by atoms with E-state index in [4.69, 9.17) is 9.57 Å². The molecule has 0 saturated carbocycles. The van der Waals surface area contributed by atoms with Crippen LogP contribution in [0.15, 0.2) is 6.33 Å². The van der Waals surface area contributed by atoms with E-state index >= 15 is 0 Å². The van der Waals surface area contributed by atoms with E-state index in [1.54, 1.807) is 7.05 Å². The molecule has 1 saturated heterocycles. The molecule has 132 valence electrons. The fraction of sp³-hybridized carbons (Fsp3) is 0.615. The van der Waals surface area contributed by atoms with E-state index in [0.29, 0.717) is 11.3 Å². The van der Waals surface area contributed by atoms with E-state index in [9.17, 15) is 14.6 Å². The van der Waals surface area contributed by atoms with Crippen LogP contribution in [0.5, 0.6) is 0 Å². The minimum absolute atomic E-state index is 0.147. The molecular formula is C13H19FN6O4. The first kappa shape index (κ1) is 16.8. The van der Waals surface area contributed by atoms with Crippen LogP contribution >= 0.6 is 0 Å². The molecule has 0 unspecified atom stereocenters. The van der Waals surface area contributed by atoms with Gasteiger partial charge in [-0.3, -0.25) is 9.40 Å². The number of anilines is 2. The lowest BCUT2D eigenvalue weighted by Gasteiger charge is -2.24. The maximum atomic E-state index is 15.0. The Hall–Kier alpha value is -2.08. The van der Waals surface area contributed by atoms with Crippen LogP contribution in [-0.2, 0) is 9.57 Å². The number of imidazole rings is 1. The van der Waals surface area contributed by atoms with Crippen LogP contribution in [-0.4, -0.2) is 68.4 Å². The summed E-state index contributed by atoms with van der Waals surface area (Å²) in [5.41, 5.74) is 1.05. The number of aromatic nitrogens is 4. The Morgan fingerprint density at radius 2 is 2.25 bits per heavy atom. The Balaban J connectivity index is 2.11. The highest BCUT2D eigenvalue weighted by Crippen LogP contribution is 2.42. The zero-order chi connectivity index (χ0) is 17.5. The van der Waals surface area contributed by atoms with Gasteiger partial charge in [-0.15, -0.1) is 0 Å². The summed E-state index contributed by atoms with van der Waals surface area (Å²) in [6, 6.07) is 0. The van der Waals surface area contributed by atoms with Crippen LogP contribution in [0.25, 0.3) is 11.2 Å². The molecule has 0 bridgehead atoms. The number of ether oxygens (including phenoxy) is 1. The summed E-state index contributed by atoms with van der Waals surface area (Å²) in [5, 5.41) is 22.2. The van der Waals surface area contributed by atoms with Crippen LogP contribution in [0.1, 0.15) is 13.2 Å². The molecule has 1 aliphatic heterocycles. The summed E-state index contributed by atoms with van der Waals surface area (Å²) in [6.45, 7) is 0.704. The van der Waals surface area contributed by atoms with Crippen LogP contribution in [0.4, 0.5) is 16.2 Å². The smallest absolute Gasteiger partial charge is 0.251 e. The van der Waals surface area contributed by atoms with Gasteiger partial charge < -0.3 is 20.3 Å². The topological polar surface area (TPSA) is 127 Å². The van der Waals surface area contributed by atoms with Gasteiger partial charge in [0.25, 0.3) is 5.95 Å². The predicted octanol–water partition coefficient (Wildman–Crippen LogP) is -0.180. The first-order valence-electron chi connectivity index (χ1n) is 7.28. The average Bonchev–Trinajstić information content (AvgIpc) is 3.07. The Kier molecular flexibility index (Phi) is 4.25. The number of fused-ring (bicyclic) bond motifs is 1. The van der Waals surface area contributed by atoms with E-state index in [-0.39, 0.29) is 11.6 Å². The number of halogens is 1. The van der Waals surface area contributed by atoms with E-state index in [2.05, 4.69) is 25.7 Å². The lowest BCUT2D eigenvalue weighted by atomic mass is 9.98. The van der Waals surface area contributed by atoms with Crippen LogP contribution in [0, 0.1) is 0 Å². The minimum Gasteiger partial charge on any atom is -0.394 e. The van der Waals surface area contributed by atoms with Crippen molar-refractivity contribution < 1.29 is 24.2 Å². The number of aliphatic hydroxyl groups excluding tert-OH is 2. The van der Waals surface area contributed by atoms with Gasteiger partial charge in [-0.05, 0) is 6.92 Å². The fourth-order valence-corrected chi connectivity index (χ4v) is 2.76. The molecule has 3 rings (SSSR count). The van der Waals surface area contributed by atoms with Crippen LogP contribution in [0.2, 0.25) is 0 Å². The maximum Gasteiger partial charge on any atom is 0.251 e. The standard InChI is InChI=1S/C13H19FN6O4/c1-13(14)8(22)6(4-21)24-11(13)20-5-16-7-9(15-2)17-12(19-23-3)18-10(7)20/h5-6,8,11,21-22H,4H2,1-3H3,(H2,15,17,18,19)/t6-,8-,11-,13-/m1/s1. The van der Waals surface area contributed by atoms with Gasteiger partial charge in [-0.1, -0.05) is 0 Å². The number of aliphatic hydroxyl groups is 2. The second-order valence-electron chi connectivity index (χ2n) is 5.58. The third-order valence-corrected chi connectivity index (χ3v) is 4.00. The zero-order valence-electron chi connectivity index (χ0n) is 13.4. The van der Waals surface area contributed by atoms with Gasteiger partial charge in [0, 0.05) is 7.05 Å². The quantitative estimate of drug-likeness (QED) is 0.547. The van der Waals surface area contributed by atoms with Gasteiger partial charge in [0.05, 0.1) is 20.0 Å². The summed E-state index contributed by atoms with van der Waals surface area (Å²) < 4.78 is 21.8. The molecule has 0 spiro atoms. The lowest BCUT2D eigenvalue weighted by Crippen LogP contribution is -2.40. The molecule has 10 nitrogen and oxygen atoms in total. The van der Waals surface area contributed by atoms with Crippen molar-refractivity contribution in [3.8, 4) is 0 Å². The summed E-state index contributed by atoms with van der Waals surface area (Å²) in [6.07, 6.45) is -2.37. The van der Waals surface area contributed by atoms with Crippen molar-refractivity contribution in [1.29, 1.82) is 0 Å². The molecule has 1 aliphatic rings. The average molecular weight is 342 g/mol. The summed E-state index contributed by atoms with van der Waals surface area (Å²) in [4.78, 5) is 17.4. The lowest BCUT2D eigenvalue weighted by molar-refractivity contribution is -0.0566.